The summed E-state index contributed by atoms with van der Waals surface area (Å²) in [6.45, 7) is 4.41. The molecule has 0 saturated carbocycles. The molecule has 1 aliphatic carbocycles. The molecule has 0 radical (unpaired) electrons. The minimum absolute atomic E-state index is 0.170. The molecule has 174 valence electrons. The summed E-state index contributed by atoms with van der Waals surface area (Å²) >= 11 is 1.71. The van der Waals surface area contributed by atoms with Gasteiger partial charge in [-0.3, -0.25) is 9.89 Å². The molecule has 1 aromatic carbocycles. The van der Waals surface area contributed by atoms with Crippen LogP contribution >= 0.6 is 11.3 Å². The molecule has 0 saturated heterocycles. The summed E-state index contributed by atoms with van der Waals surface area (Å²) in [5.74, 6) is 1.32. The fraction of sp³-hybridized carbons (Fsp3) is 0.321. The highest BCUT2D eigenvalue weighted by molar-refractivity contribution is 7.15. The van der Waals surface area contributed by atoms with Gasteiger partial charge >= 0.3 is 0 Å². The lowest BCUT2D eigenvalue weighted by atomic mass is 9.84. The lowest BCUT2D eigenvalue weighted by Gasteiger charge is -2.21. The van der Waals surface area contributed by atoms with Gasteiger partial charge in [0.2, 0.25) is 0 Å². The topological polar surface area (TPSA) is 74.4 Å². The number of allylic oxidation sites excluding steroid dienone is 2. The minimum Gasteiger partial charge on any atom is -0.321 e. The summed E-state index contributed by atoms with van der Waals surface area (Å²) in [5, 5.41) is 6.81. The smallest absolute Gasteiger partial charge is 0.260 e. The van der Waals surface area contributed by atoms with Gasteiger partial charge in [0.05, 0.1) is 5.56 Å². The average Bonchev–Trinajstić information content (AvgIpc) is 3.57. The lowest BCUT2D eigenvalue weighted by molar-refractivity contribution is 0.445. The summed E-state index contributed by atoms with van der Waals surface area (Å²) in [6.07, 6.45) is 11.0. The maximum atomic E-state index is 13.2. The molecule has 6 heteroatoms. The van der Waals surface area contributed by atoms with Gasteiger partial charge in [0.1, 0.15) is 6.33 Å². The Bertz CT molecular complexity index is 1350. The van der Waals surface area contributed by atoms with E-state index in [0.29, 0.717) is 11.4 Å². The Morgan fingerprint density at radius 3 is 2.56 bits per heavy atom. The zero-order chi connectivity index (χ0) is 23.5. The van der Waals surface area contributed by atoms with Crippen LogP contribution in [0.5, 0.6) is 0 Å². The Morgan fingerprint density at radius 1 is 1.09 bits per heavy atom. The highest BCUT2D eigenvalue weighted by Crippen LogP contribution is 2.36. The molecule has 0 spiro atoms. The molecular formula is C28H30N4OS. The van der Waals surface area contributed by atoms with Gasteiger partial charge in [0, 0.05) is 21.0 Å². The molecule has 0 bridgehead atoms. The van der Waals surface area contributed by atoms with E-state index < -0.39 is 0 Å². The Kier molecular flexibility index (Phi) is 6.59. The third-order valence-electron chi connectivity index (χ3n) is 6.74. The fourth-order valence-corrected chi connectivity index (χ4v) is 5.84. The molecule has 5 nitrogen and oxygen atoms in total. The van der Waals surface area contributed by atoms with Crippen molar-refractivity contribution in [3.8, 4) is 33.1 Å². The zero-order valence-electron chi connectivity index (χ0n) is 19.7. The van der Waals surface area contributed by atoms with E-state index in [1.165, 1.54) is 48.0 Å². The molecule has 1 aliphatic rings. The first-order chi connectivity index (χ1) is 16.7. The number of pyridine rings is 1. The van der Waals surface area contributed by atoms with Gasteiger partial charge in [0.15, 0.2) is 5.82 Å². The molecule has 1 atom stereocenters. The van der Waals surface area contributed by atoms with E-state index in [4.69, 9.17) is 0 Å². The highest BCUT2D eigenvalue weighted by atomic mass is 32.1. The Morgan fingerprint density at radius 2 is 1.91 bits per heavy atom. The number of benzene rings is 1. The molecule has 3 heterocycles. The van der Waals surface area contributed by atoms with Crippen molar-refractivity contribution in [3.63, 3.8) is 0 Å². The van der Waals surface area contributed by atoms with Crippen molar-refractivity contribution in [2.45, 2.75) is 52.4 Å². The number of nitrogens with zero attached hydrogens (tertiary/aromatic N) is 2. The van der Waals surface area contributed by atoms with Crippen LogP contribution in [0.15, 0.2) is 59.7 Å². The van der Waals surface area contributed by atoms with E-state index in [1.807, 2.05) is 0 Å². The maximum Gasteiger partial charge on any atom is 0.260 e. The SMILES string of the molecule is CCCC1CC=C(c2ccc(-c3cc(-c4ccc(CC)s4)c(-c4ncn[nH]4)c(=O)[nH]3)cc2)CC1. The van der Waals surface area contributed by atoms with Gasteiger partial charge in [-0.25, -0.2) is 4.98 Å². The number of aryl methyl sites for hydroxylation is 1. The number of H-pyrrole nitrogens is 2. The number of nitrogens with one attached hydrogen (secondary N) is 2. The maximum absolute atomic E-state index is 13.2. The van der Waals surface area contributed by atoms with Crippen LogP contribution in [-0.4, -0.2) is 20.2 Å². The second-order valence-electron chi connectivity index (χ2n) is 8.99. The lowest BCUT2D eigenvalue weighted by Crippen LogP contribution is -2.12. The van der Waals surface area contributed by atoms with E-state index in [-0.39, 0.29) is 5.56 Å². The average molecular weight is 471 g/mol. The molecule has 3 aromatic heterocycles. The van der Waals surface area contributed by atoms with Gasteiger partial charge in [-0.2, -0.15) is 5.10 Å². The standard InChI is InChI=1S/C28H30N4OS/c1-3-5-18-6-8-19(9-7-18)20-10-12-21(13-11-20)24-16-23(25-15-14-22(4-2)34-25)26(28(33)31-24)27-29-17-30-32-27/h8,10-18H,3-7,9H2,1-2H3,(H,31,33)(H,29,30,32). The normalized spacial score (nSPS) is 15.9. The monoisotopic (exact) mass is 470 g/mol. The second kappa shape index (κ2) is 9.94. The first-order valence-electron chi connectivity index (χ1n) is 12.2. The van der Waals surface area contributed by atoms with Crippen LogP contribution in [0.3, 0.4) is 0 Å². The number of rotatable bonds is 7. The summed E-state index contributed by atoms with van der Waals surface area (Å²) in [4.78, 5) is 22.9. The first kappa shape index (κ1) is 22.5. The van der Waals surface area contributed by atoms with Crippen LogP contribution < -0.4 is 5.56 Å². The molecule has 4 aromatic rings. The summed E-state index contributed by atoms with van der Waals surface area (Å²) in [6, 6.07) is 14.9. The number of aromatic nitrogens is 4. The van der Waals surface area contributed by atoms with Crippen molar-refractivity contribution in [1.82, 2.24) is 20.2 Å². The van der Waals surface area contributed by atoms with Crippen molar-refractivity contribution in [3.05, 3.63) is 75.7 Å². The predicted octanol–water partition coefficient (Wildman–Crippen LogP) is 7.10. The third kappa shape index (κ3) is 4.55. The molecule has 34 heavy (non-hydrogen) atoms. The Hall–Kier alpha value is -3.25. The number of aromatic amines is 2. The number of hydrogen-bond donors (Lipinski definition) is 2. The van der Waals surface area contributed by atoms with Crippen molar-refractivity contribution < 1.29 is 0 Å². The zero-order valence-corrected chi connectivity index (χ0v) is 20.5. The Balaban J connectivity index is 1.50. The van der Waals surface area contributed by atoms with E-state index >= 15 is 0 Å². The van der Waals surface area contributed by atoms with Crippen molar-refractivity contribution >= 4 is 16.9 Å². The summed E-state index contributed by atoms with van der Waals surface area (Å²) < 4.78 is 0. The van der Waals surface area contributed by atoms with E-state index in [1.54, 1.807) is 11.3 Å². The number of thiophene rings is 1. The largest absolute Gasteiger partial charge is 0.321 e. The van der Waals surface area contributed by atoms with Crippen molar-refractivity contribution in [2.24, 2.45) is 5.92 Å². The summed E-state index contributed by atoms with van der Waals surface area (Å²) in [7, 11) is 0. The molecular weight excluding hydrogens is 440 g/mol. The van der Waals surface area contributed by atoms with Gasteiger partial charge in [0.25, 0.3) is 5.56 Å². The van der Waals surface area contributed by atoms with Gasteiger partial charge < -0.3 is 4.98 Å². The van der Waals surface area contributed by atoms with Crippen LogP contribution in [0.1, 0.15) is 56.4 Å². The van der Waals surface area contributed by atoms with Gasteiger partial charge in [-0.1, -0.05) is 57.0 Å². The second-order valence-corrected chi connectivity index (χ2v) is 10.2. The van der Waals surface area contributed by atoms with E-state index in [0.717, 1.165) is 40.5 Å². The molecule has 5 rings (SSSR count). The van der Waals surface area contributed by atoms with Crippen molar-refractivity contribution in [1.29, 1.82) is 0 Å². The Labute approximate surface area is 204 Å². The fourth-order valence-electron chi connectivity index (χ4n) is 4.87. The van der Waals surface area contributed by atoms with E-state index in [2.05, 4.69) is 82.6 Å². The van der Waals surface area contributed by atoms with Crippen LogP contribution in [-0.2, 0) is 6.42 Å². The predicted molar refractivity (Wildman–Crippen MR) is 141 cm³/mol. The first-order valence-corrected chi connectivity index (χ1v) is 13.0. The van der Waals surface area contributed by atoms with Crippen molar-refractivity contribution in [2.75, 3.05) is 0 Å². The van der Waals surface area contributed by atoms with E-state index in [9.17, 15) is 4.79 Å². The minimum atomic E-state index is -0.170. The van der Waals surface area contributed by atoms with Crippen LogP contribution in [0.4, 0.5) is 0 Å². The summed E-state index contributed by atoms with van der Waals surface area (Å²) in [5.41, 5.74) is 5.76. The number of hydrogen-bond acceptors (Lipinski definition) is 4. The van der Waals surface area contributed by atoms with Gasteiger partial charge in [-0.15, -0.1) is 11.3 Å². The third-order valence-corrected chi connectivity index (χ3v) is 8.01. The van der Waals surface area contributed by atoms with Crippen LogP contribution in [0, 0.1) is 5.92 Å². The highest BCUT2D eigenvalue weighted by Gasteiger charge is 2.19. The molecule has 0 aliphatic heterocycles. The van der Waals surface area contributed by atoms with Gasteiger partial charge in [-0.05, 0) is 66.5 Å². The molecule has 0 amide bonds. The van der Waals surface area contributed by atoms with Crippen LogP contribution in [0.25, 0.3) is 38.7 Å². The molecule has 2 N–H and O–H groups in total. The molecule has 1 unspecified atom stereocenters. The quantitative estimate of drug-likeness (QED) is 0.302. The van der Waals surface area contributed by atoms with Crippen LogP contribution in [0.2, 0.25) is 0 Å². The molecule has 0 fully saturated rings.